The van der Waals surface area contributed by atoms with Crippen molar-refractivity contribution in [2.45, 2.75) is 46.0 Å². The molecule has 0 fully saturated rings. The average molecular weight is 277 g/mol. The summed E-state index contributed by atoms with van der Waals surface area (Å²) in [5, 5.41) is 8.96. The average Bonchev–Trinajstić information content (AvgIpc) is 2.39. The van der Waals surface area contributed by atoms with E-state index in [-0.39, 0.29) is 5.91 Å². The van der Waals surface area contributed by atoms with Gasteiger partial charge in [0.1, 0.15) is 0 Å². The Morgan fingerprint density at radius 1 is 1.25 bits per heavy atom. The molecule has 20 heavy (non-hydrogen) atoms. The summed E-state index contributed by atoms with van der Waals surface area (Å²) in [6.07, 6.45) is -0.634. The van der Waals surface area contributed by atoms with Crippen LogP contribution < -0.4 is 0 Å². The number of carboxylic acid groups (broad SMARTS) is 1. The maximum atomic E-state index is 12.3. The summed E-state index contributed by atoms with van der Waals surface area (Å²) in [5.41, 5.74) is 3.21. The maximum absolute atomic E-state index is 12.3. The Morgan fingerprint density at radius 3 is 2.25 bits per heavy atom. The Kier molecular flexibility index (Phi) is 5.31. The number of nitrogens with zero attached hydrogens (tertiary/aromatic N) is 1. The van der Waals surface area contributed by atoms with Gasteiger partial charge in [-0.05, 0) is 36.0 Å². The van der Waals surface area contributed by atoms with Crippen LogP contribution in [0.2, 0.25) is 0 Å². The van der Waals surface area contributed by atoms with Gasteiger partial charge in [-0.1, -0.05) is 39.0 Å². The Morgan fingerprint density at radius 2 is 1.80 bits per heavy atom. The largest absolute Gasteiger partial charge is 0.465 e. The van der Waals surface area contributed by atoms with Crippen molar-refractivity contribution in [2.75, 3.05) is 7.05 Å². The Bertz CT molecular complexity index is 508. The normalized spacial score (nSPS) is 12.3. The van der Waals surface area contributed by atoms with E-state index in [0.717, 1.165) is 16.0 Å². The van der Waals surface area contributed by atoms with Crippen LogP contribution in [0, 0.1) is 6.92 Å². The summed E-state index contributed by atoms with van der Waals surface area (Å²) in [6, 6.07) is 5.92. The summed E-state index contributed by atoms with van der Waals surface area (Å²) in [5.74, 6) is -0.404. The van der Waals surface area contributed by atoms with Crippen LogP contribution in [0.3, 0.4) is 0 Å². The molecule has 1 aromatic carbocycles. The number of carbonyl (C=O) groups excluding carboxylic acids is 1. The zero-order valence-electron chi connectivity index (χ0n) is 12.8. The molecule has 0 saturated carbocycles. The predicted octanol–water partition coefficient (Wildman–Crippen LogP) is 3.75. The third-order valence-electron chi connectivity index (χ3n) is 3.74. The summed E-state index contributed by atoms with van der Waals surface area (Å²) in [7, 11) is 1.30. The predicted molar refractivity (Wildman–Crippen MR) is 79.1 cm³/mol. The molecule has 1 unspecified atom stereocenters. The molecule has 4 nitrogen and oxygen atoms in total. The minimum Gasteiger partial charge on any atom is -0.465 e. The van der Waals surface area contributed by atoms with Crippen molar-refractivity contribution >= 4 is 12.0 Å². The second-order valence-electron chi connectivity index (χ2n) is 5.36. The molecule has 110 valence electrons. The fraction of sp³-hybridized carbons (Fsp3) is 0.500. The molecular weight excluding hydrogens is 254 g/mol. The third kappa shape index (κ3) is 3.18. The lowest BCUT2D eigenvalue weighted by molar-refractivity contribution is -0.129. The Hall–Kier alpha value is -1.84. The van der Waals surface area contributed by atoms with Gasteiger partial charge in [-0.2, -0.15) is 0 Å². The number of carbonyl (C=O) groups is 2. The minimum absolute atomic E-state index is 0.371. The molecule has 1 N–H and O–H groups in total. The van der Waals surface area contributed by atoms with Crippen LogP contribution in [0.15, 0.2) is 18.2 Å². The van der Waals surface area contributed by atoms with E-state index >= 15 is 0 Å². The van der Waals surface area contributed by atoms with Crippen molar-refractivity contribution in [2.24, 2.45) is 0 Å². The first-order chi connectivity index (χ1) is 9.31. The molecular formula is C16H23NO3. The van der Waals surface area contributed by atoms with Crippen molar-refractivity contribution in [3.8, 4) is 0 Å². The number of likely N-dealkylation sites (N-methyl/N-ethyl adjacent to an activating group) is 1. The minimum atomic E-state index is -1.22. The first kappa shape index (κ1) is 16.2. The molecule has 0 aliphatic carbocycles. The molecule has 2 amide bonds. The van der Waals surface area contributed by atoms with Crippen LogP contribution in [-0.2, 0) is 4.79 Å². The molecule has 0 radical (unpaired) electrons. The van der Waals surface area contributed by atoms with E-state index in [9.17, 15) is 9.59 Å². The molecule has 0 spiro atoms. The van der Waals surface area contributed by atoms with Gasteiger partial charge in [0, 0.05) is 7.05 Å². The standard InChI is InChI=1S/C16H23NO3/c1-6-12(15(18)17(5)16(19)20)14-9-7-8-13(10(2)3)11(14)4/h7-10,12H,6H2,1-5H3,(H,19,20). The second kappa shape index (κ2) is 6.55. The summed E-state index contributed by atoms with van der Waals surface area (Å²) in [4.78, 5) is 24.0. The molecule has 1 aromatic rings. The molecule has 1 atom stereocenters. The highest BCUT2D eigenvalue weighted by Gasteiger charge is 2.27. The highest BCUT2D eigenvalue weighted by molar-refractivity contribution is 5.95. The molecule has 4 heteroatoms. The van der Waals surface area contributed by atoms with E-state index in [0.29, 0.717) is 12.3 Å². The van der Waals surface area contributed by atoms with Crippen LogP contribution in [-0.4, -0.2) is 29.1 Å². The number of imide groups is 1. The van der Waals surface area contributed by atoms with Gasteiger partial charge in [-0.3, -0.25) is 9.69 Å². The van der Waals surface area contributed by atoms with Crippen LogP contribution in [0.4, 0.5) is 4.79 Å². The maximum Gasteiger partial charge on any atom is 0.413 e. The molecule has 0 saturated heterocycles. The second-order valence-corrected chi connectivity index (χ2v) is 5.36. The lowest BCUT2D eigenvalue weighted by Gasteiger charge is -2.23. The molecule has 0 aromatic heterocycles. The third-order valence-corrected chi connectivity index (χ3v) is 3.74. The van der Waals surface area contributed by atoms with Crippen LogP contribution in [0.5, 0.6) is 0 Å². The lowest BCUT2D eigenvalue weighted by atomic mass is 9.86. The van der Waals surface area contributed by atoms with Crippen molar-refractivity contribution in [1.82, 2.24) is 4.90 Å². The topological polar surface area (TPSA) is 57.6 Å². The molecule has 0 aliphatic heterocycles. The highest BCUT2D eigenvalue weighted by Crippen LogP contribution is 2.30. The van der Waals surface area contributed by atoms with E-state index < -0.39 is 12.0 Å². The van der Waals surface area contributed by atoms with E-state index in [1.54, 1.807) is 0 Å². The fourth-order valence-corrected chi connectivity index (χ4v) is 2.53. The quantitative estimate of drug-likeness (QED) is 0.911. The molecule has 0 bridgehead atoms. The Labute approximate surface area is 120 Å². The summed E-state index contributed by atoms with van der Waals surface area (Å²) < 4.78 is 0. The van der Waals surface area contributed by atoms with Crippen LogP contribution in [0.1, 0.15) is 55.7 Å². The first-order valence-corrected chi connectivity index (χ1v) is 6.91. The van der Waals surface area contributed by atoms with Gasteiger partial charge in [0.2, 0.25) is 5.91 Å². The number of amides is 2. The van der Waals surface area contributed by atoms with Crippen molar-refractivity contribution in [3.63, 3.8) is 0 Å². The van der Waals surface area contributed by atoms with Crippen LogP contribution >= 0.6 is 0 Å². The summed E-state index contributed by atoms with van der Waals surface area (Å²) in [6.45, 7) is 8.12. The van der Waals surface area contributed by atoms with Gasteiger partial charge >= 0.3 is 6.09 Å². The smallest absolute Gasteiger partial charge is 0.413 e. The number of rotatable bonds is 4. The zero-order chi connectivity index (χ0) is 15.4. The first-order valence-electron chi connectivity index (χ1n) is 6.91. The van der Waals surface area contributed by atoms with Gasteiger partial charge in [0.25, 0.3) is 0 Å². The van der Waals surface area contributed by atoms with Crippen molar-refractivity contribution < 1.29 is 14.7 Å². The fourth-order valence-electron chi connectivity index (χ4n) is 2.53. The van der Waals surface area contributed by atoms with Crippen molar-refractivity contribution in [1.29, 1.82) is 0 Å². The lowest BCUT2D eigenvalue weighted by Crippen LogP contribution is -2.35. The number of hydrogen-bond acceptors (Lipinski definition) is 2. The van der Waals surface area contributed by atoms with E-state index in [1.165, 1.54) is 12.6 Å². The highest BCUT2D eigenvalue weighted by atomic mass is 16.4. The monoisotopic (exact) mass is 277 g/mol. The molecule has 0 heterocycles. The van der Waals surface area contributed by atoms with E-state index in [2.05, 4.69) is 19.9 Å². The number of hydrogen-bond donors (Lipinski definition) is 1. The summed E-state index contributed by atoms with van der Waals surface area (Å²) >= 11 is 0. The number of benzene rings is 1. The van der Waals surface area contributed by atoms with Crippen molar-refractivity contribution in [3.05, 3.63) is 34.9 Å². The van der Waals surface area contributed by atoms with Crippen LogP contribution in [0.25, 0.3) is 0 Å². The van der Waals surface area contributed by atoms with Gasteiger partial charge in [-0.25, -0.2) is 4.79 Å². The molecule has 0 aliphatic rings. The van der Waals surface area contributed by atoms with E-state index in [4.69, 9.17) is 5.11 Å². The molecule has 1 rings (SSSR count). The van der Waals surface area contributed by atoms with Gasteiger partial charge in [0.15, 0.2) is 0 Å². The van der Waals surface area contributed by atoms with Gasteiger partial charge < -0.3 is 5.11 Å². The zero-order valence-corrected chi connectivity index (χ0v) is 12.8. The van der Waals surface area contributed by atoms with E-state index in [1.807, 2.05) is 26.0 Å². The van der Waals surface area contributed by atoms with Gasteiger partial charge in [0.05, 0.1) is 5.92 Å². The SMILES string of the molecule is CCC(C(=O)N(C)C(=O)O)c1cccc(C(C)C)c1C. The van der Waals surface area contributed by atoms with Gasteiger partial charge in [-0.15, -0.1) is 0 Å². The Balaban J connectivity index is 3.23.